The Labute approximate surface area is 168 Å². The molecule has 2 heterocycles. The van der Waals surface area contributed by atoms with Crippen molar-refractivity contribution in [1.29, 1.82) is 0 Å². The molecule has 9 heteroatoms. The van der Waals surface area contributed by atoms with Crippen LogP contribution >= 0.6 is 11.6 Å². The molecule has 150 valence electrons. The van der Waals surface area contributed by atoms with Gasteiger partial charge in [0.2, 0.25) is 0 Å². The van der Waals surface area contributed by atoms with E-state index in [-0.39, 0.29) is 11.4 Å². The Hall–Kier alpha value is -2.71. The van der Waals surface area contributed by atoms with Gasteiger partial charge in [-0.15, -0.1) is 0 Å². The molecule has 1 aliphatic heterocycles. The summed E-state index contributed by atoms with van der Waals surface area (Å²) in [5, 5.41) is 2.88. The highest BCUT2D eigenvalue weighted by Gasteiger charge is 2.18. The number of nitrogens with one attached hydrogen (secondary N) is 2. The number of carbonyl (C=O) groups is 2. The number of hydrogen-bond donors (Lipinski definition) is 4. The molecule has 0 bridgehead atoms. The third-order valence-electron chi connectivity index (χ3n) is 4.68. The Morgan fingerprint density at radius 1 is 1.18 bits per heavy atom. The topological polar surface area (TPSA) is 126 Å². The van der Waals surface area contributed by atoms with Gasteiger partial charge in [-0.25, -0.2) is 4.79 Å². The number of benzene rings is 1. The van der Waals surface area contributed by atoms with Crippen molar-refractivity contribution in [1.82, 2.24) is 9.88 Å². The number of urea groups is 1. The van der Waals surface area contributed by atoms with Gasteiger partial charge in [-0.3, -0.25) is 15.0 Å². The van der Waals surface area contributed by atoms with E-state index in [0.29, 0.717) is 28.6 Å². The standard InChI is InChI=1S/C19H24ClN5O3/c20-12-4-5-16(28-9-8-25-6-2-1-3-7-25)13(10-12)15-11-14(17(21)26)18(23-15)24-19(22)27/h4-5,10-11,23H,1-3,6-9H2,(H2,21,26)(H3,22,24,27). The molecule has 1 aromatic heterocycles. The van der Waals surface area contributed by atoms with Gasteiger partial charge >= 0.3 is 6.03 Å². The largest absolute Gasteiger partial charge is 0.492 e. The number of aromatic amines is 1. The number of rotatable bonds is 7. The first-order chi connectivity index (χ1) is 13.4. The van der Waals surface area contributed by atoms with E-state index in [1.165, 1.54) is 25.3 Å². The van der Waals surface area contributed by atoms with E-state index in [9.17, 15) is 9.59 Å². The molecule has 0 spiro atoms. The molecule has 0 atom stereocenters. The number of halogens is 1. The minimum absolute atomic E-state index is 0.119. The summed E-state index contributed by atoms with van der Waals surface area (Å²) in [6.07, 6.45) is 3.73. The second kappa shape index (κ2) is 8.99. The predicted octanol–water partition coefficient (Wildman–Crippen LogP) is 2.79. The Morgan fingerprint density at radius 2 is 1.93 bits per heavy atom. The van der Waals surface area contributed by atoms with Gasteiger partial charge in [0, 0.05) is 17.1 Å². The van der Waals surface area contributed by atoms with E-state index in [0.717, 1.165) is 19.6 Å². The van der Waals surface area contributed by atoms with Gasteiger partial charge < -0.3 is 21.2 Å². The monoisotopic (exact) mass is 405 g/mol. The van der Waals surface area contributed by atoms with Gasteiger partial charge in [0.25, 0.3) is 5.91 Å². The maximum atomic E-state index is 11.7. The first kappa shape index (κ1) is 20.0. The fourth-order valence-corrected chi connectivity index (χ4v) is 3.49. The summed E-state index contributed by atoms with van der Waals surface area (Å²) >= 11 is 6.16. The van der Waals surface area contributed by atoms with Crippen LogP contribution in [0.4, 0.5) is 10.6 Å². The van der Waals surface area contributed by atoms with Gasteiger partial charge in [-0.1, -0.05) is 18.0 Å². The van der Waals surface area contributed by atoms with Crippen molar-refractivity contribution in [3.63, 3.8) is 0 Å². The number of hydrogen-bond acceptors (Lipinski definition) is 4. The number of primary amides is 2. The number of nitrogens with two attached hydrogens (primary N) is 2. The van der Waals surface area contributed by atoms with Gasteiger partial charge in [0.1, 0.15) is 18.2 Å². The van der Waals surface area contributed by atoms with Crippen LogP contribution in [0.15, 0.2) is 24.3 Å². The summed E-state index contributed by atoms with van der Waals surface area (Å²) in [5.74, 6) is 0.0550. The minimum atomic E-state index is -0.806. The number of amides is 3. The second-order valence-electron chi connectivity index (χ2n) is 6.72. The summed E-state index contributed by atoms with van der Waals surface area (Å²) in [6, 6.07) is 5.97. The van der Waals surface area contributed by atoms with Crippen LogP contribution in [0.5, 0.6) is 5.75 Å². The molecule has 28 heavy (non-hydrogen) atoms. The Kier molecular flexibility index (Phi) is 6.43. The average molecular weight is 406 g/mol. The molecular weight excluding hydrogens is 382 g/mol. The molecule has 2 aromatic rings. The number of carbonyl (C=O) groups excluding carboxylic acids is 2. The van der Waals surface area contributed by atoms with Gasteiger partial charge in [0.05, 0.1) is 11.3 Å². The van der Waals surface area contributed by atoms with Crippen molar-refractivity contribution in [3.05, 3.63) is 34.9 Å². The predicted molar refractivity (Wildman–Crippen MR) is 109 cm³/mol. The van der Waals surface area contributed by atoms with E-state index in [1.54, 1.807) is 18.2 Å². The summed E-state index contributed by atoms with van der Waals surface area (Å²) in [5.41, 5.74) is 11.9. The summed E-state index contributed by atoms with van der Waals surface area (Å²) in [4.78, 5) is 28.2. The Bertz CT molecular complexity index is 861. The lowest BCUT2D eigenvalue weighted by molar-refractivity contribution is 0.100. The van der Waals surface area contributed by atoms with Crippen molar-refractivity contribution in [2.24, 2.45) is 11.5 Å². The lowest BCUT2D eigenvalue weighted by Gasteiger charge is -2.26. The van der Waals surface area contributed by atoms with Crippen LogP contribution in [-0.4, -0.2) is 48.1 Å². The lowest BCUT2D eigenvalue weighted by atomic mass is 10.1. The number of H-pyrrole nitrogens is 1. The molecule has 6 N–H and O–H groups in total. The molecule has 0 aliphatic carbocycles. The maximum Gasteiger partial charge on any atom is 0.317 e. The van der Waals surface area contributed by atoms with Gasteiger partial charge in [-0.2, -0.15) is 0 Å². The lowest BCUT2D eigenvalue weighted by Crippen LogP contribution is -2.33. The molecule has 1 aromatic carbocycles. The maximum absolute atomic E-state index is 11.7. The van der Waals surface area contributed by atoms with Crippen LogP contribution in [0, 0.1) is 0 Å². The summed E-state index contributed by atoms with van der Waals surface area (Å²) in [6.45, 7) is 3.56. The SMILES string of the molecule is NC(=O)Nc1[nH]c(-c2cc(Cl)ccc2OCCN2CCCCC2)cc1C(N)=O. The van der Waals surface area contributed by atoms with Gasteiger partial charge in [0.15, 0.2) is 0 Å². The first-order valence-electron chi connectivity index (χ1n) is 9.18. The van der Waals surface area contributed by atoms with Crippen molar-refractivity contribution in [3.8, 4) is 17.0 Å². The molecule has 8 nitrogen and oxygen atoms in total. The highest BCUT2D eigenvalue weighted by Crippen LogP contribution is 2.34. The number of aromatic nitrogens is 1. The van der Waals surface area contributed by atoms with E-state index in [2.05, 4.69) is 15.2 Å². The normalized spacial score (nSPS) is 14.6. The number of likely N-dealkylation sites (tertiary alicyclic amines) is 1. The molecule has 3 rings (SSSR count). The van der Waals surface area contributed by atoms with Crippen molar-refractivity contribution in [2.75, 3.05) is 31.6 Å². The molecule has 0 saturated carbocycles. The van der Waals surface area contributed by atoms with Crippen LogP contribution < -0.4 is 21.5 Å². The van der Waals surface area contributed by atoms with Crippen LogP contribution in [0.1, 0.15) is 29.6 Å². The quantitative estimate of drug-likeness (QED) is 0.564. The van der Waals surface area contributed by atoms with Crippen LogP contribution in [0.25, 0.3) is 11.3 Å². The van der Waals surface area contributed by atoms with Crippen LogP contribution in [0.3, 0.4) is 0 Å². The average Bonchev–Trinajstić information content (AvgIpc) is 3.07. The Balaban J connectivity index is 1.81. The fourth-order valence-electron chi connectivity index (χ4n) is 3.32. The van der Waals surface area contributed by atoms with Crippen LogP contribution in [-0.2, 0) is 0 Å². The number of nitrogens with zero attached hydrogens (tertiary/aromatic N) is 1. The zero-order valence-corrected chi connectivity index (χ0v) is 16.2. The molecule has 0 radical (unpaired) electrons. The van der Waals surface area contributed by atoms with E-state index in [4.69, 9.17) is 27.8 Å². The molecule has 1 aliphatic rings. The van der Waals surface area contributed by atoms with E-state index < -0.39 is 11.9 Å². The highest BCUT2D eigenvalue weighted by atomic mass is 35.5. The molecule has 1 fully saturated rings. The molecular formula is C19H24ClN5O3. The summed E-state index contributed by atoms with van der Waals surface area (Å²) < 4.78 is 5.99. The number of piperidine rings is 1. The van der Waals surface area contributed by atoms with E-state index >= 15 is 0 Å². The molecule has 3 amide bonds. The third-order valence-corrected chi connectivity index (χ3v) is 4.91. The fraction of sp³-hybridized carbons (Fsp3) is 0.368. The zero-order chi connectivity index (χ0) is 20.1. The molecule has 1 saturated heterocycles. The third kappa shape index (κ3) is 4.96. The number of anilines is 1. The summed E-state index contributed by atoms with van der Waals surface area (Å²) in [7, 11) is 0. The van der Waals surface area contributed by atoms with E-state index in [1.807, 2.05) is 0 Å². The van der Waals surface area contributed by atoms with Crippen molar-refractivity contribution in [2.45, 2.75) is 19.3 Å². The Morgan fingerprint density at radius 3 is 2.61 bits per heavy atom. The van der Waals surface area contributed by atoms with Crippen LogP contribution in [0.2, 0.25) is 5.02 Å². The minimum Gasteiger partial charge on any atom is -0.492 e. The van der Waals surface area contributed by atoms with Crippen molar-refractivity contribution < 1.29 is 14.3 Å². The van der Waals surface area contributed by atoms with Crippen molar-refractivity contribution >= 4 is 29.4 Å². The highest BCUT2D eigenvalue weighted by molar-refractivity contribution is 6.31. The second-order valence-corrected chi connectivity index (χ2v) is 7.15. The van der Waals surface area contributed by atoms with Gasteiger partial charge in [-0.05, 0) is 50.2 Å². The number of ether oxygens (including phenoxy) is 1. The molecule has 0 unspecified atom stereocenters. The smallest absolute Gasteiger partial charge is 0.317 e. The zero-order valence-electron chi connectivity index (χ0n) is 15.5. The first-order valence-corrected chi connectivity index (χ1v) is 9.56.